The van der Waals surface area contributed by atoms with Gasteiger partial charge < -0.3 is 20.4 Å². The molecule has 0 aliphatic rings. The summed E-state index contributed by atoms with van der Waals surface area (Å²) in [5.74, 6) is 0.402. The molecule has 0 saturated carbocycles. The highest BCUT2D eigenvalue weighted by Gasteiger charge is 2.28. The van der Waals surface area contributed by atoms with Crippen LogP contribution in [-0.2, 0) is 0 Å². The molecule has 4 N–H and O–H groups in total. The smallest absolute Gasteiger partial charge is 0.122 e. The Morgan fingerprint density at radius 1 is 0.388 bits per heavy atom. The highest BCUT2D eigenvalue weighted by Crippen LogP contribution is 2.46. The number of phenolic OH excluding ortho intramolecular Hbond substituents is 4. The molecule has 0 heterocycles. The highest BCUT2D eigenvalue weighted by molar-refractivity contribution is 5.65. The van der Waals surface area contributed by atoms with Gasteiger partial charge in [0.05, 0.1) is 0 Å². The molecular formula is C45H44O4. The van der Waals surface area contributed by atoms with E-state index in [1.165, 1.54) is 0 Å². The minimum atomic E-state index is -0.482. The molecule has 0 bridgehead atoms. The van der Waals surface area contributed by atoms with Crippen molar-refractivity contribution in [2.24, 2.45) is 0 Å². The van der Waals surface area contributed by atoms with Crippen LogP contribution < -0.4 is 0 Å². The van der Waals surface area contributed by atoms with Gasteiger partial charge in [-0.05, 0) is 101 Å². The number of rotatable bonds is 8. The number of hydrogen-bond donors (Lipinski definition) is 4. The van der Waals surface area contributed by atoms with E-state index in [2.05, 4.69) is 62.4 Å². The van der Waals surface area contributed by atoms with E-state index in [1.54, 1.807) is 12.1 Å². The predicted molar refractivity (Wildman–Crippen MR) is 199 cm³/mol. The lowest BCUT2D eigenvalue weighted by molar-refractivity contribution is 0.453. The maximum atomic E-state index is 11.8. The van der Waals surface area contributed by atoms with E-state index in [0.717, 1.165) is 61.2 Å². The van der Waals surface area contributed by atoms with Crippen LogP contribution >= 0.6 is 0 Å². The van der Waals surface area contributed by atoms with E-state index >= 15 is 0 Å². The monoisotopic (exact) mass is 648 g/mol. The first-order valence-electron chi connectivity index (χ1n) is 16.8. The highest BCUT2D eigenvalue weighted by atomic mass is 16.3. The Bertz CT molecular complexity index is 2020. The molecule has 4 nitrogen and oxygen atoms in total. The Kier molecular flexibility index (Phi) is 9.25. The normalized spacial score (nSPS) is 13.2. The van der Waals surface area contributed by atoms with Crippen molar-refractivity contribution in [2.45, 2.75) is 59.3 Å². The van der Waals surface area contributed by atoms with E-state index in [1.807, 2.05) is 82.3 Å². The molecule has 0 aliphatic heterocycles. The summed E-state index contributed by atoms with van der Waals surface area (Å²) in [5.41, 5.74) is 11.9. The number of aryl methyl sites for hydroxylation is 4. The zero-order valence-corrected chi connectivity index (χ0v) is 29.0. The third-order valence-corrected chi connectivity index (χ3v) is 10.1. The van der Waals surface area contributed by atoms with Crippen LogP contribution in [0.3, 0.4) is 0 Å². The van der Waals surface area contributed by atoms with Gasteiger partial charge in [0.2, 0.25) is 0 Å². The summed E-state index contributed by atoms with van der Waals surface area (Å²) >= 11 is 0. The Morgan fingerprint density at radius 2 is 0.776 bits per heavy atom. The molecule has 2 unspecified atom stereocenters. The molecule has 6 aromatic carbocycles. The molecule has 2 atom stereocenters. The van der Waals surface area contributed by atoms with Gasteiger partial charge in [0.25, 0.3) is 0 Å². The standard InChI is InChI=1S/C45H44O4/c1-26-20-35(16-18-41(26)46)30(5)37-22-28(3)44(48)39(24-37)43(34-14-12-33(13-15-34)32-10-8-7-9-11-32)40-25-38(23-29(4)45(40)49)31(6)36-17-19-42(47)27(2)21-36/h7-25,30-31,43,46-49H,1-6H3. The van der Waals surface area contributed by atoms with E-state index < -0.39 is 5.92 Å². The van der Waals surface area contributed by atoms with Gasteiger partial charge >= 0.3 is 0 Å². The first kappa shape index (κ1) is 33.4. The van der Waals surface area contributed by atoms with Crippen molar-refractivity contribution in [3.8, 4) is 34.1 Å². The summed E-state index contributed by atoms with van der Waals surface area (Å²) in [7, 11) is 0. The molecule has 6 aromatic rings. The number of hydrogen-bond acceptors (Lipinski definition) is 4. The maximum Gasteiger partial charge on any atom is 0.122 e. The summed E-state index contributed by atoms with van der Waals surface area (Å²) in [6.45, 7) is 11.9. The molecule has 0 fully saturated rings. The molecule has 0 aromatic heterocycles. The first-order valence-corrected chi connectivity index (χ1v) is 16.8. The van der Waals surface area contributed by atoms with Crippen LogP contribution in [0.1, 0.15) is 92.8 Å². The number of phenols is 4. The summed E-state index contributed by atoms with van der Waals surface area (Å²) < 4.78 is 0. The average molecular weight is 649 g/mol. The lowest BCUT2D eigenvalue weighted by Gasteiger charge is -2.26. The van der Waals surface area contributed by atoms with Gasteiger partial charge in [0.1, 0.15) is 23.0 Å². The molecule has 248 valence electrons. The van der Waals surface area contributed by atoms with Crippen molar-refractivity contribution in [2.75, 3.05) is 0 Å². The molecule has 0 spiro atoms. The minimum Gasteiger partial charge on any atom is -0.508 e. The average Bonchev–Trinajstić information content (AvgIpc) is 3.10. The fourth-order valence-corrected chi connectivity index (χ4v) is 6.92. The lowest BCUT2D eigenvalue weighted by Crippen LogP contribution is -2.09. The van der Waals surface area contributed by atoms with Crippen LogP contribution in [-0.4, -0.2) is 20.4 Å². The van der Waals surface area contributed by atoms with Crippen molar-refractivity contribution in [3.63, 3.8) is 0 Å². The molecule has 0 radical (unpaired) electrons. The molecule has 4 heteroatoms. The van der Waals surface area contributed by atoms with Crippen molar-refractivity contribution in [3.05, 3.63) is 176 Å². The van der Waals surface area contributed by atoms with Crippen molar-refractivity contribution in [1.82, 2.24) is 0 Å². The van der Waals surface area contributed by atoms with Gasteiger partial charge in [0.15, 0.2) is 0 Å². The van der Waals surface area contributed by atoms with Crippen LogP contribution in [0, 0.1) is 27.7 Å². The van der Waals surface area contributed by atoms with Crippen molar-refractivity contribution >= 4 is 0 Å². The molecule has 0 aliphatic carbocycles. The third-order valence-electron chi connectivity index (χ3n) is 10.1. The van der Waals surface area contributed by atoms with E-state index in [0.29, 0.717) is 11.1 Å². The zero-order chi connectivity index (χ0) is 35.0. The Hall–Kier alpha value is -5.48. The second-order valence-corrected chi connectivity index (χ2v) is 13.5. The van der Waals surface area contributed by atoms with Crippen LogP contribution in [0.25, 0.3) is 11.1 Å². The van der Waals surface area contributed by atoms with Crippen molar-refractivity contribution in [1.29, 1.82) is 0 Å². The largest absolute Gasteiger partial charge is 0.508 e. The summed E-state index contributed by atoms with van der Waals surface area (Å²) in [6, 6.07) is 38.2. The predicted octanol–water partition coefficient (Wildman–Crippen LogP) is 10.9. The second-order valence-electron chi connectivity index (χ2n) is 13.5. The van der Waals surface area contributed by atoms with Gasteiger partial charge in [0, 0.05) is 28.9 Å². The molecule has 0 saturated heterocycles. The maximum absolute atomic E-state index is 11.8. The summed E-state index contributed by atoms with van der Waals surface area (Å²) in [6.07, 6.45) is 0. The van der Waals surface area contributed by atoms with Gasteiger partial charge in [-0.2, -0.15) is 0 Å². The van der Waals surface area contributed by atoms with E-state index in [-0.39, 0.29) is 34.8 Å². The number of aromatic hydroxyl groups is 4. The third kappa shape index (κ3) is 6.64. The van der Waals surface area contributed by atoms with Gasteiger partial charge in [-0.3, -0.25) is 0 Å². The second kappa shape index (κ2) is 13.6. The quantitative estimate of drug-likeness (QED) is 0.124. The fraction of sp³-hybridized carbons (Fsp3) is 0.200. The van der Waals surface area contributed by atoms with E-state index in [9.17, 15) is 20.4 Å². The summed E-state index contributed by atoms with van der Waals surface area (Å²) in [5, 5.41) is 44.0. The van der Waals surface area contributed by atoms with Crippen LogP contribution in [0.15, 0.2) is 115 Å². The molecule has 6 rings (SSSR count). The van der Waals surface area contributed by atoms with Crippen LogP contribution in [0.2, 0.25) is 0 Å². The lowest BCUT2D eigenvalue weighted by atomic mass is 9.78. The molecule has 0 amide bonds. The van der Waals surface area contributed by atoms with Gasteiger partial charge in [-0.15, -0.1) is 0 Å². The topological polar surface area (TPSA) is 80.9 Å². The minimum absolute atomic E-state index is 0.0158. The Morgan fingerprint density at radius 3 is 1.20 bits per heavy atom. The molecular weight excluding hydrogens is 604 g/mol. The molecule has 49 heavy (non-hydrogen) atoms. The first-order chi connectivity index (χ1) is 23.4. The SMILES string of the molecule is Cc1cc(C(C)c2cc(C)c(O)c(C(c3ccc(-c4ccccc4)cc3)c3cc(C(C)c4ccc(O)c(C)c4)cc(C)c3O)c2)ccc1O. The van der Waals surface area contributed by atoms with Gasteiger partial charge in [-0.25, -0.2) is 0 Å². The fourth-order valence-electron chi connectivity index (χ4n) is 6.92. The van der Waals surface area contributed by atoms with Crippen molar-refractivity contribution < 1.29 is 20.4 Å². The van der Waals surface area contributed by atoms with Crippen LogP contribution in [0.5, 0.6) is 23.0 Å². The van der Waals surface area contributed by atoms with Crippen LogP contribution in [0.4, 0.5) is 0 Å². The summed E-state index contributed by atoms with van der Waals surface area (Å²) in [4.78, 5) is 0. The van der Waals surface area contributed by atoms with Gasteiger partial charge in [-0.1, -0.05) is 117 Å². The zero-order valence-electron chi connectivity index (χ0n) is 29.0. The Balaban J connectivity index is 1.54. The number of benzene rings is 6. The van der Waals surface area contributed by atoms with E-state index in [4.69, 9.17) is 0 Å². The Labute approximate surface area is 289 Å².